The predicted molar refractivity (Wildman–Crippen MR) is 71.8 cm³/mol. The van der Waals surface area contributed by atoms with Crippen LogP contribution in [0.25, 0.3) is 0 Å². The van der Waals surface area contributed by atoms with Gasteiger partial charge in [-0.3, -0.25) is 4.79 Å². The number of rotatable bonds is 3. The van der Waals surface area contributed by atoms with E-state index in [9.17, 15) is 9.18 Å². The summed E-state index contributed by atoms with van der Waals surface area (Å²) in [7, 11) is 1.50. The summed E-state index contributed by atoms with van der Waals surface area (Å²) in [5, 5.41) is 2.65. The van der Waals surface area contributed by atoms with Crippen LogP contribution in [0, 0.1) is 5.82 Å². The number of amides is 1. The van der Waals surface area contributed by atoms with Crippen molar-refractivity contribution in [3.63, 3.8) is 0 Å². The molecule has 2 aromatic carbocycles. The molecule has 4 nitrogen and oxygen atoms in total. The van der Waals surface area contributed by atoms with E-state index in [0.717, 1.165) is 0 Å². The summed E-state index contributed by atoms with van der Waals surface area (Å²) in [5.74, 6) is -0.161. The molecule has 0 saturated carbocycles. The Bertz CT molecular complexity index is 597. The minimum atomic E-state index is -0.355. The smallest absolute Gasteiger partial charge is 0.255 e. The monoisotopic (exact) mass is 260 g/mol. The molecule has 0 aliphatic heterocycles. The van der Waals surface area contributed by atoms with Gasteiger partial charge in [0.25, 0.3) is 5.91 Å². The molecule has 0 atom stereocenters. The van der Waals surface area contributed by atoms with Crippen molar-refractivity contribution in [1.29, 1.82) is 0 Å². The van der Waals surface area contributed by atoms with E-state index in [0.29, 0.717) is 22.7 Å². The van der Waals surface area contributed by atoms with Crippen molar-refractivity contribution in [3.05, 3.63) is 53.8 Å². The molecule has 0 fully saturated rings. The van der Waals surface area contributed by atoms with Gasteiger partial charge >= 0.3 is 0 Å². The first-order chi connectivity index (χ1) is 9.10. The highest BCUT2D eigenvalue weighted by molar-refractivity contribution is 6.05. The molecule has 0 aliphatic rings. The number of anilines is 2. The van der Waals surface area contributed by atoms with Gasteiger partial charge in [0.15, 0.2) is 0 Å². The van der Waals surface area contributed by atoms with E-state index < -0.39 is 0 Å². The summed E-state index contributed by atoms with van der Waals surface area (Å²) in [6, 6.07) is 10.3. The first-order valence-corrected chi connectivity index (χ1v) is 5.60. The Morgan fingerprint density at radius 1 is 1.21 bits per heavy atom. The molecule has 98 valence electrons. The Labute approximate surface area is 110 Å². The van der Waals surface area contributed by atoms with E-state index in [2.05, 4.69) is 5.32 Å². The van der Waals surface area contributed by atoms with E-state index in [4.69, 9.17) is 10.5 Å². The van der Waals surface area contributed by atoms with E-state index in [1.54, 1.807) is 12.1 Å². The number of ether oxygens (including phenoxy) is 1. The third-order valence-corrected chi connectivity index (χ3v) is 2.59. The number of methoxy groups -OCH3 is 1. The molecule has 2 aromatic rings. The number of hydrogen-bond donors (Lipinski definition) is 2. The zero-order valence-corrected chi connectivity index (χ0v) is 10.3. The van der Waals surface area contributed by atoms with Crippen molar-refractivity contribution in [1.82, 2.24) is 0 Å². The Balaban J connectivity index is 2.16. The van der Waals surface area contributed by atoms with Gasteiger partial charge in [0.1, 0.15) is 11.6 Å². The SMILES string of the molecule is COc1ccc(C(=O)Nc2ccc(F)cc2)cc1N. The topological polar surface area (TPSA) is 64.3 Å². The number of carbonyl (C=O) groups excluding carboxylic acids is 1. The zero-order chi connectivity index (χ0) is 13.8. The van der Waals surface area contributed by atoms with Crippen LogP contribution in [0.4, 0.5) is 15.8 Å². The largest absolute Gasteiger partial charge is 0.495 e. The molecule has 0 saturated heterocycles. The van der Waals surface area contributed by atoms with Crippen LogP contribution < -0.4 is 15.8 Å². The van der Waals surface area contributed by atoms with Crippen LogP contribution in [0.5, 0.6) is 5.75 Å². The Hall–Kier alpha value is -2.56. The van der Waals surface area contributed by atoms with Gasteiger partial charge in [0.05, 0.1) is 12.8 Å². The first kappa shape index (κ1) is 12.9. The fraction of sp³-hybridized carbons (Fsp3) is 0.0714. The fourth-order valence-corrected chi connectivity index (χ4v) is 1.61. The standard InChI is InChI=1S/C14H13FN2O2/c1-19-13-7-2-9(8-12(13)16)14(18)17-11-5-3-10(15)4-6-11/h2-8H,16H2,1H3,(H,17,18). The number of benzene rings is 2. The molecule has 2 rings (SSSR count). The molecule has 0 spiro atoms. The summed E-state index contributed by atoms with van der Waals surface area (Å²) >= 11 is 0. The maximum absolute atomic E-state index is 12.7. The highest BCUT2D eigenvalue weighted by Gasteiger charge is 2.08. The average Bonchev–Trinajstić information content (AvgIpc) is 2.41. The van der Waals surface area contributed by atoms with Crippen LogP contribution in [0.1, 0.15) is 10.4 Å². The number of nitrogen functional groups attached to an aromatic ring is 1. The maximum atomic E-state index is 12.7. The second kappa shape index (κ2) is 5.39. The van der Waals surface area contributed by atoms with Gasteiger partial charge in [0, 0.05) is 11.3 Å². The number of hydrogen-bond acceptors (Lipinski definition) is 3. The lowest BCUT2D eigenvalue weighted by Crippen LogP contribution is -2.12. The van der Waals surface area contributed by atoms with Crippen molar-refractivity contribution in [2.75, 3.05) is 18.2 Å². The molecule has 0 radical (unpaired) electrons. The van der Waals surface area contributed by atoms with E-state index in [1.165, 1.54) is 37.4 Å². The Morgan fingerprint density at radius 2 is 1.89 bits per heavy atom. The predicted octanol–water partition coefficient (Wildman–Crippen LogP) is 2.67. The summed E-state index contributed by atoms with van der Waals surface area (Å²) in [5.41, 5.74) is 7.03. The summed E-state index contributed by atoms with van der Waals surface area (Å²) < 4.78 is 17.8. The van der Waals surface area contributed by atoms with Crippen LogP contribution in [-0.2, 0) is 0 Å². The van der Waals surface area contributed by atoms with Gasteiger partial charge in [-0.1, -0.05) is 0 Å². The van der Waals surface area contributed by atoms with E-state index >= 15 is 0 Å². The number of halogens is 1. The molecule has 0 aromatic heterocycles. The van der Waals surface area contributed by atoms with Crippen molar-refractivity contribution >= 4 is 17.3 Å². The van der Waals surface area contributed by atoms with Crippen LogP contribution in [0.15, 0.2) is 42.5 Å². The first-order valence-electron chi connectivity index (χ1n) is 5.60. The number of nitrogens with one attached hydrogen (secondary N) is 1. The molecule has 5 heteroatoms. The molecule has 0 bridgehead atoms. The zero-order valence-electron chi connectivity index (χ0n) is 10.3. The molecule has 19 heavy (non-hydrogen) atoms. The van der Waals surface area contributed by atoms with Gasteiger partial charge in [0.2, 0.25) is 0 Å². The number of carbonyl (C=O) groups is 1. The lowest BCUT2D eigenvalue weighted by atomic mass is 10.1. The minimum Gasteiger partial charge on any atom is -0.495 e. The second-order valence-electron chi connectivity index (χ2n) is 3.92. The summed E-state index contributed by atoms with van der Waals surface area (Å²) in [6.45, 7) is 0. The Morgan fingerprint density at radius 3 is 2.47 bits per heavy atom. The highest BCUT2D eigenvalue weighted by Crippen LogP contribution is 2.22. The van der Waals surface area contributed by atoms with E-state index in [1.807, 2.05) is 0 Å². The van der Waals surface area contributed by atoms with Crippen LogP contribution in [0.2, 0.25) is 0 Å². The van der Waals surface area contributed by atoms with Crippen LogP contribution >= 0.6 is 0 Å². The molecule has 0 aliphatic carbocycles. The average molecular weight is 260 g/mol. The molecular weight excluding hydrogens is 247 g/mol. The maximum Gasteiger partial charge on any atom is 0.255 e. The van der Waals surface area contributed by atoms with Crippen molar-refractivity contribution in [2.45, 2.75) is 0 Å². The van der Waals surface area contributed by atoms with Gasteiger partial charge in [-0.25, -0.2) is 4.39 Å². The van der Waals surface area contributed by atoms with Crippen LogP contribution in [0.3, 0.4) is 0 Å². The molecular formula is C14H13FN2O2. The highest BCUT2D eigenvalue weighted by atomic mass is 19.1. The van der Waals surface area contributed by atoms with Crippen molar-refractivity contribution in [2.24, 2.45) is 0 Å². The number of nitrogens with two attached hydrogens (primary N) is 1. The summed E-state index contributed by atoms with van der Waals surface area (Å²) in [4.78, 5) is 11.9. The second-order valence-corrected chi connectivity index (χ2v) is 3.92. The molecule has 1 amide bonds. The third kappa shape index (κ3) is 3.01. The quantitative estimate of drug-likeness (QED) is 0.834. The van der Waals surface area contributed by atoms with Crippen molar-refractivity contribution in [3.8, 4) is 5.75 Å². The van der Waals surface area contributed by atoms with Gasteiger partial charge in [-0.15, -0.1) is 0 Å². The Kier molecular flexibility index (Phi) is 3.66. The van der Waals surface area contributed by atoms with Gasteiger partial charge < -0.3 is 15.8 Å². The lowest BCUT2D eigenvalue weighted by Gasteiger charge is -2.08. The molecule has 3 N–H and O–H groups in total. The summed E-state index contributed by atoms with van der Waals surface area (Å²) in [6.07, 6.45) is 0. The molecule has 0 unspecified atom stereocenters. The third-order valence-electron chi connectivity index (χ3n) is 2.59. The van der Waals surface area contributed by atoms with Gasteiger partial charge in [-0.05, 0) is 42.5 Å². The minimum absolute atomic E-state index is 0.319. The van der Waals surface area contributed by atoms with E-state index in [-0.39, 0.29) is 11.7 Å². The van der Waals surface area contributed by atoms with Crippen molar-refractivity contribution < 1.29 is 13.9 Å². The normalized spacial score (nSPS) is 10.0. The fourth-order valence-electron chi connectivity index (χ4n) is 1.61. The van der Waals surface area contributed by atoms with Crippen LogP contribution in [-0.4, -0.2) is 13.0 Å². The van der Waals surface area contributed by atoms with Gasteiger partial charge in [-0.2, -0.15) is 0 Å². The molecule has 0 heterocycles. The lowest BCUT2D eigenvalue weighted by molar-refractivity contribution is 0.102.